The first-order valence-corrected chi connectivity index (χ1v) is 11.9. The summed E-state index contributed by atoms with van der Waals surface area (Å²) in [7, 11) is -3.85. The molecule has 0 unspecified atom stereocenters. The van der Waals surface area contributed by atoms with E-state index in [4.69, 9.17) is 14.9 Å². The van der Waals surface area contributed by atoms with Crippen molar-refractivity contribution in [2.75, 3.05) is 5.32 Å². The lowest BCUT2D eigenvalue weighted by Crippen LogP contribution is -2.13. The molecule has 0 spiro atoms. The maximum Gasteiger partial charge on any atom is 0.238 e. The van der Waals surface area contributed by atoms with Gasteiger partial charge in [-0.15, -0.1) is 0 Å². The highest BCUT2D eigenvalue weighted by atomic mass is 32.2. The van der Waals surface area contributed by atoms with E-state index < -0.39 is 10.0 Å². The standard InChI is InChI=1S/C20H23N5O3S2/c1-5-25-12(4)22-14-7-9-17-18(19(14)25)24-20(29-17)23-15-10-13(30(21,26)27)6-8-16(15)28-11(2)3/h6-11H,5H2,1-4H3,(H,23,24)(H2,21,26,27). The van der Waals surface area contributed by atoms with Crippen LogP contribution in [0.4, 0.5) is 10.8 Å². The number of aryl methyl sites for hydroxylation is 2. The predicted molar refractivity (Wildman–Crippen MR) is 120 cm³/mol. The second kappa shape index (κ2) is 7.53. The van der Waals surface area contributed by atoms with E-state index in [1.54, 1.807) is 6.07 Å². The summed E-state index contributed by atoms with van der Waals surface area (Å²) in [5.74, 6) is 1.47. The molecule has 0 saturated carbocycles. The molecule has 0 saturated heterocycles. The van der Waals surface area contributed by atoms with Crippen molar-refractivity contribution in [2.24, 2.45) is 5.14 Å². The molecule has 10 heteroatoms. The van der Waals surface area contributed by atoms with Gasteiger partial charge in [-0.3, -0.25) is 0 Å². The van der Waals surface area contributed by atoms with E-state index in [0.29, 0.717) is 16.6 Å². The molecular formula is C20H23N5O3S2. The molecule has 0 radical (unpaired) electrons. The van der Waals surface area contributed by atoms with Gasteiger partial charge < -0.3 is 14.6 Å². The average molecular weight is 446 g/mol. The number of rotatable bonds is 6. The molecule has 0 amide bonds. The number of imidazole rings is 1. The van der Waals surface area contributed by atoms with Crippen LogP contribution in [0.15, 0.2) is 35.2 Å². The van der Waals surface area contributed by atoms with Gasteiger partial charge in [0.1, 0.15) is 17.1 Å². The fourth-order valence-electron chi connectivity index (χ4n) is 3.42. The number of hydrogen-bond donors (Lipinski definition) is 2. The molecule has 2 aromatic carbocycles. The maximum atomic E-state index is 11.8. The van der Waals surface area contributed by atoms with Crippen LogP contribution in [-0.2, 0) is 16.6 Å². The first-order valence-electron chi connectivity index (χ1n) is 9.54. The molecule has 3 N–H and O–H groups in total. The lowest BCUT2D eigenvalue weighted by atomic mass is 10.3. The maximum absolute atomic E-state index is 11.8. The quantitative estimate of drug-likeness (QED) is 0.461. The van der Waals surface area contributed by atoms with E-state index in [1.807, 2.05) is 32.9 Å². The minimum atomic E-state index is -3.85. The van der Waals surface area contributed by atoms with Crippen LogP contribution in [0, 0.1) is 6.92 Å². The Morgan fingerprint density at radius 2 is 2.00 bits per heavy atom. The third-order valence-corrected chi connectivity index (χ3v) is 6.50. The minimum absolute atomic E-state index is 0.00397. The summed E-state index contributed by atoms with van der Waals surface area (Å²) in [5.41, 5.74) is 3.24. The van der Waals surface area contributed by atoms with Gasteiger partial charge in [0.25, 0.3) is 0 Å². The van der Waals surface area contributed by atoms with E-state index in [0.717, 1.165) is 33.6 Å². The summed E-state index contributed by atoms with van der Waals surface area (Å²) in [6, 6.07) is 8.49. The monoisotopic (exact) mass is 445 g/mol. The van der Waals surface area contributed by atoms with Gasteiger partial charge in [0.05, 0.1) is 32.4 Å². The molecule has 0 bridgehead atoms. The van der Waals surface area contributed by atoms with Crippen LogP contribution < -0.4 is 15.2 Å². The topological polar surface area (TPSA) is 112 Å². The first kappa shape index (κ1) is 20.6. The lowest BCUT2D eigenvalue weighted by Gasteiger charge is -2.15. The highest BCUT2D eigenvalue weighted by Gasteiger charge is 2.17. The molecule has 0 aliphatic carbocycles. The van der Waals surface area contributed by atoms with Gasteiger partial charge in [-0.1, -0.05) is 11.3 Å². The molecule has 0 atom stereocenters. The van der Waals surface area contributed by atoms with Gasteiger partial charge in [-0.25, -0.2) is 23.5 Å². The number of nitrogens with zero attached hydrogens (tertiary/aromatic N) is 3. The van der Waals surface area contributed by atoms with Gasteiger partial charge in [0.15, 0.2) is 5.13 Å². The molecule has 4 rings (SSSR count). The second-order valence-electron chi connectivity index (χ2n) is 7.20. The molecule has 2 heterocycles. The number of fused-ring (bicyclic) bond motifs is 3. The van der Waals surface area contributed by atoms with Crippen LogP contribution in [0.25, 0.3) is 21.3 Å². The predicted octanol–water partition coefficient (Wildman–Crippen LogP) is 4.15. The number of aromatic nitrogens is 3. The second-order valence-corrected chi connectivity index (χ2v) is 9.79. The zero-order valence-electron chi connectivity index (χ0n) is 17.1. The van der Waals surface area contributed by atoms with Crippen molar-refractivity contribution in [3.63, 3.8) is 0 Å². The molecule has 2 aromatic heterocycles. The van der Waals surface area contributed by atoms with Gasteiger partial charge in [0.2, 0.25) is 10.0 Å². The van der Waals surface area contributed by atoms with Crippen LogP contribution in [0.2, 0.25) is 0 Å². The molecule has 158 valence electrons. The number of benzene rings is 2. The SMILES string of the molecule is CCn1c(C)nc2ccc3sc(Nc4cc(S(N)(=O)=O)ccc4OC(C)C)nc3c21. The highest BCUT2D eigenvalue weighted by Crippen LogP contribution is 2.36. The summed E-state index contributed by atoms with van der Waals surface area (Å²) < 4.78 is 32.6. The van der Waals surface area contributed by atoms with Crippen molar-refractivity contribution in [3.05, 3.63) is 36.2 Å². The average Bonchev–Trinajstić information content (AvgIpc) is 3.20. The Kier molecular flexibility index (Phi) is 5.16. The number of nitrogens with two attached hydrogens (primary N) is 1. The number of primary sulfonamides is 1. The summed E-state index contributed by atoms with van der Waals surface area (Å²) in [4.78, 5) is 9.40. The molecule has 8 nitrogen and oxygen atoms in total. The summed E-state index contributed by atoms with van der Waals surface area (Å²) in [6.45, 7) is 8.66. The van der Waals surface area contributed by atoms with Gasteiger partial charge >= 0.3 is 0 Å². The zero-order valence-corrected chi connectivity index (χ0v) is 18.8. The van der Waals surface area contributed by atoms with Crippen molar-refractivity contribution < 1.29 is 13.2 Å². The van der Waals surface area contributed by atoms with Gasteiger partial charge in [-0.05, 0) is 58.0 Å². The van der Waals surface area contributed by atoms with Crippen LogP contribution >= 0.6 is 11.3 Å². The number of hydrogen-bond acceptors (Lipinski definition) is 7. The number of thiazole rings is 1. The van der Waals surface area contributed by atoms with Crippen molar-refractivity contribution >= 4 is 53.4 Å². The van der Waals surface area contributed by atoms with Crippen molar-refractivity contribution in [2.45, 2.75) is 45.2 Å². The molecule has 0 aliphatic rings. The molecule has 30 heavy (non-hydrogen) atoms. The Labute approximate surface area is 178 Å². The molecular weight excluding hydrogens is 422 g/mol. The fourth-order valence-corrected chi connectivity index (χ4v) is 4.84. The van der Waals surface area contributed by atoms with Crippen LogP contribution in [-0.4, -0.2) is 29.1 Å². The van der Waals surface area contributed by atoms with Crippen LogP contribution in [0.5, 0.6) is 5.75 Å². The van der Waals surface area contributed by atoms with Gasteiger partial charge in [-0.2, -0.15) is 0 Å². The smallest absolute Gasteiger partial charge is 0.238 e. The van der Waals surface area contributed by atoms with Crippen molar-refractivity contribution in [3.8, 4) is 5.75 Å². The minimum Gasteiger partial charge on any atom is -0.489 e. The number of sulfonamides is 1. The molecule has 4 aromatic rings. The van der Waals surface area contributed by atoms with E-state index >= 15 is 0 Å². The Morgan fingerprint density at radius 1 is 1.23 bits per heavy atom. The summed E-state index contributed by atoms with van der Waals surface area (Å²) in [5, 5.41) is 9.15. The first-order chi connectivity index (χ1) is 14.2. The van der Waals surface area contributed by atoms with E-state index in [9.17, 15) is 8.42 Å². The van der Waals surface area contributed by atoms with Crippen LogP contribution in [0.1, 0.15) is 26.6 Å². The summed E-state index contributed by atoms with van der Waals surface area (Å²) >= 11 is 1.48. The number of nitrogens with one attached hydrogen (secondary N) is 1. The Balaban J connectivity index is 1.83. The van der Waals surface area contributed by atoms with E-state index in [1.165, 1.54) is 23.5 Å². The van der Waals surface area contributed by atoms with Crippen molar-refractivity contribution in [1.29, 1.82) is 0 Å². The third-order valence-electron chi connectivity index (χ3n) is 4.66. The van der Waals surface area contributed by atoms with Crippen molar-refractivity contribution in [1.82, 2.24) is 14.5 Å². The van der Waals surface area contributed by atoms with Gasteiger partial charge in [0, 0.05) is 6.54 Å². The highest BCUT2D eigenvalue weighted by molar-refractivity contribution is 7.89. The summed E-state index contributed by atoms with van der Waals surface area (Å²) in [6.07, 6.45) is -0.0808. The molecule has 0 fully saturated rings. The number of anilines is 2. The molecule has 0 aliphatic heterocycles. The normalized spacial score (nSPS) is 12.2. The zero-order chi connectivity index (χ0) is 21.6. The lowest BCUT2D eigenvalue weighted by molar-refractivity contribution is 0.243. The van der Waals surface area contributed by atoms with E-state index in [2.05, 4.69) is 21.8 Å². The van der Waals surface area contributed by atoms with Crippen LogP contribution in [0.3, 0.4) is 0 Å². The number of ether oxygens (including phenoxy) is 1. The Morgan fingerprint density at radius 3 is 2.67 bits per heavy atom. The van der Waals surface area contributed by atoms with E-state index in [-0.39, 0.29) is 11.0 Å². The fraction of sp³-hybridized carbons (Fsp3) is 0.300. The largest absolute Gasteiger partial charge is 0.489 e. The Bertz CT molecular complexity index is 1360. The Hall–Kier alpha value is -2.69. The third kappa shape index (κ3) is 3.73.